The highest BCUT2D eigenvalue weighted by molar-refractivity contribution is 8.01. The second kappa shape index (κ2) is 7.19. The molecule has 2 aliphatic rings. The Morgan fingerprint density at radius 2 is 2.08 bits per heavy atom. The second-order valence-corrected chi connectivity index (χ2v) is 8.50. The van der Waals surface area contributed by atoms with Crippen LogP contribution in [-0.4, -0.2) is 65.9 Å². The van der Waals surface area contributed by atoms with E-state index in [1.807, 2.05) is 32.0 Å². The van der Waals surface area contributed by atoms with Crippen molar-refractivity contribution < 1.29 is 19.1 Å². The van der Waals surface area contributed by atoms with Crippen molar-refractivity contribution in [2.75, 3.05) is 37.4 Å². The summed E-state index contributed by atoms with van der Waals surface area (Å²) in [6.07, 6.45) is 0. The molecule has 1 N–H and O–H groups in total. The van der Waals surface area contributed by atoms with E-state index in [0.29, 0.717) is 24.6 Å². The van der Waals surface area contributed by atoms with Crippen LogP contribution in [0, 0.1) is 0 Å². The first-order valence-electron chi connectivity index (χ1n) is 8.50. The number of nitrogens with zero attached hydrogens (tertiary/aromatic N) is 2. The lowest BCUT2D eigenvalue weighted by atomic mass is 10.1. The number of carbonyl (C=O) groups excluding carboxylic acids is 3. The van der Waals surface area contributed by atoms with Gasteiger partial charge in [0.05, 0.1) is 11.9 Å². The number of piperazine rings is 1. The Bertz CT molecular complexity index is 737. The third-order valence-corrected chi connectivity index (χ3v) is 6.07. The molecule has 0 spiro atoms. The SMILES string of the molecule is COc1cccc(N2CCN(C(=O)[C@@H]3CSC(C)(C)C(=O)N3)CC2=O)c1. The molecule has 8 heteroatoms. The van der Waals surface area contributed by atoms with Gasteiger partial charge in [-0.15, -0.1) is 11.8 Å². The van der Waals surface area contributed by atoms with Gasteiger partial charge in [-0.2, -0.15) is 0 Å². The summed E-state index contributed by atoms with van der Waals surface area (Å²) >= 11 is 1.46. The van der Waals surface area contributed by atoms with Crippen LogP contribution in [0.2, 0.25) is 0 Å². The molecule has 3 amide bonds. The molecule has 0 bridgehead atoms. The Morgan fingerprint density at radius 1 is 1.31 bits per heavy atom. The summed E-state index contributed by atoms with van der Waals surface area (Å²) in [7, 11) is 1.58. The van der Waals surface area contributed by atoms with Crippen LogP contribution in [0.5, 0.6) is 5.75 Å². The van der Waals surface area contributed by atoms with Gasteiger partial charge in [-0.25, -0.2) is 0 Å². The van der Waals surface area contributed by atoms with Crippen molar-refractivity contribution in [3.05, 3.63) is 24.3 Å². The van der Waals surface area contributed by atoms with Gasteiger partial charge in [-0.3, -0.25) is 14.4 Å². The largest absolute Gasteiger partial charge is 0.497 e. The Hall–Kier alpha value is -2.22. The molecular weight excluding hydrogens is 354 g/mol. The van der Waals surface area contributed by atoms with E-state index < -0.39 is 10.8 Å². The summed E-state index contributed by atoms with van der Waals surface area (Å²) in [4.78, 5) is 40.5. The molecule has 0 aromatic heterocycles. The third-order valence-electron chi connectivity index (χ3n) is 4.66. The van der Waals surface area contributed by atoms with Gasteiger partial charge in [0.1, 0.15) is 18.3 Å². The number of methoxy groups -OCH3 is 1. The van der Waals surface area contributed by atoms with Gasteiger partial charge < -0.3 is 19.9 Å². The molecule has 1 aromatic carbocycles. The number of anilines is 1. The van der Waals surface area contributed by atoms with Crippen LogP contribution in [0.15, 0.2) is 24.3 Å². The van der Waals surface area contributed by atoms with Gasteiger partial charge in [0.2, 0.25) is 17.7 Å². The van der Waals surface area contributed by atoms with Gasteiger partial charge >= 0.3 is 0 Å². The van der Waals surface area contributed by atoms with Gasteiger partial charge in [0.25, 0.3) is 0 Å². The molecule has 1 atom stereocenters. The lowest BCUT2D eigenvalue weighted by Gasteiger charge is -2.38. The number of thioether (sulfide) groups is 1. The summed E-state index contributed by atoms with van der Waals surface area (Å²) in [6.45, 7) is 4.53. The molecule has 2 heterocycles. The maximum Gasteiger partial charge on any atom is 0.246 e. The summed E-state index contributed by atoms with van der Waals surface area (Å²) in [5.41, 5.74) is 0.754. The maximum absolute atomic E-state index is 12.7. The molecule has 7 nitrogen and oxygen atoms in total. The molecule has 1 aromatic rings. The van der Waals surface area contributed by atoms with Gasteiger partial charge in [-0.05, 0) is 26.0 Å². The van der Waals surface area contributed by atoms with E-state index in [9.17, 15) is 14.4 Å². The van der Waals surface area contributed by atoms with E-state index in [2.05, 4.69) is 5.32 Å². The first-order chi connectivity index (χ1) is 12.3. The fourth-order valence-corrected chi connectivity index (χ4v) is 4.00. The lowest BCUT2D eigenvalue weighted by molar-refractivity contribution is -0.140. The summed E-state index contributed by atoms with van der Waals surface area (Å²) in [5, 5.41) is 2.78. The Balaban J connectivity index is 1.64. The number of hydrogen-bond donors (Lipinski definition) is 1. The first-order valence-corrected chi connectivity index (χ1v) is 9.48. The average molecular weight is 377 g/mol. The second-order valence-electron chi connectivity index (χ2n) is 6.85. The van der Waals surface area contributed by atoms with Crippen molar-refractivity contribution in [3.63, 3.8) is 0 Å². The van der Waals surface area contributed by atoms with E-state index in [1.165, 1.54) is 16.7 Å². The zero-order valence-electron chi connectivity index (χ0n) is 15.2. The number of rotatable bonds is 3. The predicted octanol–water partition coefficient (Wildman–Crippen LogP) is 0.881. The van der Waals surface area contributed by atoms with Crippen molar-refractivity contribution in [2.24, 2.45) is 0 Å². The Labute approximate surface area is 157 Å². The zero-order chi connectivity index (χ0) is 18.9. The molecule has 26 heavy (non-hydrogen) atoms. The van der Waals surface area contributed by atoms with Crippen LogP contribution >= 0.6 is 11.8 Å². The Morgan fingerprint density at radius 3 is 2.73 bits per heavy atom. The monoisotopic (exact) mass is 377 g/mol. The van der Waals surface area contributed by atoms with E-state index in [-0.39, 0.29) is 24.3 Å². The minimum absolute atomic E-state index is 0.0104. The first kappa shape index (κ1) is 18.6. The number of benzene rings is 1. The van der Waals surface area contributed by atoms with Crippen LogP contribution in [0.25, 0.3) is 0 Å². The van der Waals surface area contributed by atoms with Crippen LogP contribution in [0.4, 0.5) is 5.69 Å². The normalized spacial score (nSPS) is 22.8. The predicted molar refractivity (Wildman–Crippen MR) is 100 cm³/mol. The van der Waals surface area contributed by atoms with E-state index >= 15 is 0 Å². The van der Waals surface area contributed by atoms with Crippen molar-refractivity contribution in [1.29, 1.82) is 0 Å². The van der Waals surface area contributed by atoms with Gasteiger partial charge in [0, 0.05) is 30.6 Å². The minimum Gasteiger partial charge on any atom is -0.497 e. The summed E-state index contributed by atoms with van der Waals surface area (Å²) in [5.74, 6) is 0.710. The average Bonchev–Trinajstić information content (AvgIpc) is 2.63. The molecule has 0 unspecified atom stereocenters. The standard InChI is InChI=1S/C18H23N3O4S/c1-18(2)17(24)19-14(11-26-18)16(23)20-7-8-21(15(22)10-20)12-5-4-6-13(9-12)25-3/h4-6,9,14H,7-8,10-11H2,1-3H3,(H,19,24)/t14-/m0/s1. The van der Waals surface area contributed by atoms with Gasteiger partial charge in [0.15, 0.2) is 0 Å². The molecule has 2 fully saturated rings. The summed E-state index contributed by atoms with van der Waals surface area (Å²) < 4.78 is 4.67. The molecule has 140 valence electrons. The van der Waals surface area contributed by atoms with Crippen LogP contribution in [0.3, 0.4) is 0 Å². The fourth-order valence-electron chi connectivity index (χ4n) is 3.00. The highest BCUT2D eigenvalue weighted by atomic mass is 32.2. The number of carbonyl (C=O) groups is 3. The quantitative estimate of drug-likeness (QED) is 0.846. The van der Waals surface area contributed by atoms with E-state index in [4.69, 9.17) is 4.74 Å². The molecular formula is C18H23N3O4S. The van der Waals surface area contributed by atoms with Crippen LogP contribution < -0.4 is 15.0 Å². The zero-order valence-corrected chi connectivity index (χ0v) is 16.0. The van der Waals surface area contributed by atoms with Crippen molar-refractivity contribution in [2.45, 2.75) is 24.6 Å². The fraction of sp³-hybridized carbons (Fsp3) is 0.500. The lowest BCUT2D eigenvalue weighted by Crippen LogP contribution is -2.61. The Kier molecular flexibility index (Phi) is 5.13. The summed E-state index contributed by atoms with van der Waals surface area (Å²) in [6, 6.07) is 6.72. The smallest absolute Gasteiger partial charge is 0.246 e. The number of amides is 3. The van der Waals surface area contributed by atoms with Crippen LogP contribution in [-0.2, 0) is 14.4 Å². The van der Waals surface area contributed by atoms with E-state index in [0.717, 1.165) is 5.69 Å². The molecule has 2 aliphatic heterocycles. The highest BCUT2D eigenvalue weighted by Crippen LogP contribution is 2.30. The molecule has 0 saturated carbocycles. The number of ether oxygens (including phenoxy) is 1. The molecule has 2 saturated heterocycles. The van der Waals surface area contributed by atoms with Gasteiger partial charge in [-0.1, -0.05) is 6.07 Å². The maximum atomic E-state index is 12.7. The minimum atomic E-state index is -0.573. The number of nitrogens with one attached hydrogen (secondary N) is 1. The molecule has 0 radical (unpaired) electrons. The third kappa shape index (κ3) is 3.65. The van der Waals surface area contributed by atoms with Crippen molar-refractivity contribution in [3.8, 4) is 5.75 Å². The molecule has 3 rings (SSSR count). The van der Waals surface area contributed by atoms with E-state index in [1.54, 1.807) is 18.1 Å². The van der Waals surface area contributed by atoms with Crippen molar-refractivity contribution in [1.82, 2.24) is 10.2 Å². The van der Waals surface area contributed by atoms with Crippen LogP contribution in [0.1, 0.15) is 13.8 Å². The topological polar surface area (TPSA) is 79.0 Å². The number of hydrogen-bond acceptors (Lipinski definition) is 5. The highest BCUT2D eigenvalue weighted by Gasteiger charge is 2.40. The van der Waals surface area contributed by atoms with Crippen molar-refractivity contribution >= 4 is 35.2 Å². The molecule has 0 aliphatic carbocycles.